The Balaban J connectivity index is 1.68. The van der Waals surface area contributed by atoms with Crippen molar-refractivity contribution in [3.8, 4) is 11.5 Å². The van der Waals surface area contributed by atoms with Gasteiger partial charge in [0.05, 0.1) is 16.8 Å². The second kappa shape index (κ2) is 10.2. The van der Waals surface area contributed by atoms with E-state index in [4.69, 9.17) is 9.47 Å². The fourth-order valence-electron chi connectivity index (χ4n) is 2.92. The lowest BCUT2D eigenvalue weighted by atomic mass is 10.1. The predicted molar refractivity (Wildman–Crippen MR) is 116 cm³/mol. The average molecular weight is 441 g/mol. The van der Waals surface area contributed by atoms with Gasteiger partial charge >= 0.3 is 0 Å². The standard InChI is InChI=1S/C23H25BrN2O2/c1-3-27-22-13-19(14-25-15-20-9-4-5-10-26-20)12-21(24)23(22)28-16-18-8-6-7-17(2)11-18/h4-13,25H,3,14-16H2,1-2H3. The first kappa shape index (κ1) is 20.4. The minimum atomic E-state index is 0.498. The number of aromatic nitrogens is 1. The van der Waals surface area contributed by atoms with Gasteiger partial charge in [-0.05, 0) is 65.2 Å². The van der Waals surface area contributed by atoms with E-state index in [1.165, 1.54) is 5.56 Å². The molecular weight excluding hydrogens is 416 g/mol. The zero-order valence-electron chi connectivity index (χ0n) is 16.2. The van der Waals surface area contributed by atoms with Crippen LogP contribution in [0.15, 0.2) is 65.3 Å². The molecular formula is C23H25BrN2O2. The maximum absolute atomic E-state index is 6.09. The van der Waals surface area contributed by atoms with Crippen molar-refractivity contribution < 1.29 is 9.47 Å². The van der Waals surface area contributed by atoms with Crippen LogP contribution in [0.2, 0.25) is 0 Å². The normalized spacial score (nSPS) is 10.7. The van der Waals surface area contributed by atoms with Gasteiger partial charge in [0.15, 0.2) is 11.5 Å². The average Bonchev–Trinajstić information content (AvgIpc) is 2.68. The highest BCUT2D eigenvalue weighted by Gasteiger charge is 2.13. The second-order valence-corrected chi connectivity index (χ2v) is 7.39. The molecule has 0 unspecified atom stereocenters. The van der Waals surface area contributed by atoms with Crippen LogP contribution in [0.4, 0.5) is 0 Å². The molecule has 0 spiro atoms. The van der Waals surface area contributed by atoms with E-state index in [2.05, 4.69) is 57.4 Å². The lowest BCUT2D eigenvalue weighted by Crippen LogP contribution is -2.14. The summed E-state index contributed by atoms with van der Waals surface area (Å²) < 4.78 is 12.8. The highest BCUT2D eigenvalue weighted by Crippen LogP contribution is 2.37. The van der Waals surface area contributed by atoms with Gasteiger partial charge in [0, 0.05) is 19.3 Å². The van der Waals surface area contributed by atoms with Crippen LogP contribution in [-0.4, -0.2) is 11.6 Å². The van der Waals surface area contributed by atoms with Gasteiger partial charge in [0.1, 0.15) is 6.61 Å². The van der Waals surface area contributed by atoms with Crippen LogP contribution in [0.5, 0.6) is 11.5 Å². The number of hydrogen-bond acceptors (Lipinski definition) is 4. The number of hydrogen-bond donors (Lipinski definition) is 1. The fourth-order valence-corrected chi connectivity index (χ4v) is 3.53. The van der Waals surface area contributed by atoms with E-state index in [0.29, 0.717) is 26.3 Å². The van der Waals surface area contributed by atoms with Crippen LogP contribution in [0, 0.1) is 6.92 Å². The molecule has 0 aliphatic rings. The summed E-state index contributed by atoms with van der Waals surface area (Å²) in [6, 6.07) is 18.3. The Hall–Kier alpha value is -2.37. The van der Waals surface area contributed by atoms with Crippen molar-refractivity contribution >= 4 is 15.9 Å². The van der Waals surface area contributed by atoms with E-state index in [1.54, 1.807) is 6.20 Å². The molecule has 0 radical (unpaired) electrons. The van der Waals surface area contributed by atoms with E-state index < -0.39 is 0 Å². The zero-order chi connectivity index (χ0) is 19.8. The summed E-state index contributed by atoms with van der Waals surface area (Å²) in [7, 11) is 0. The summed E-state index contributed by atoms with van der Waals surface area (Å²) in [4.78, 5) is 4.33. The van der Waals surface area contributed by atoms with Crippen molar-refractivity contribution in [2.75, 3.05) is 6.61 Å². The Kier molecular flexibility index (Phi) is 7.46. The monoisotopic (exact) mass is 440 g/mol. The van der Waals surface area contributed by atoms with Crippen LogP contribution in [0.25, 0.3) is 0 Å². The van der Waals surface area contributed by atoms with Crippen LogP contribution in [0.1, 0.15) is 29.3 Å². The van der Waals surface area contributed by atoms with E-state index in [0.717, 1.165) is 32.8 Å². The highest BCUT2D eigenvalue weighted by molar-refractivity contribution is 9.10. The minimum absolute atomic E-state index is 0.498. The summed E-state index contributed by atoms with van der Waals surface area (Å²) in [6.45, 7) is 6.57. The highest BCUT2D eigenvalue weighted by atomic mass is 79.9. The van der Waals surface area contributed by atoms with Crippen molar-refractivity contribution in [1.29, 1.82) is 0 Å². The number of pyridine rings is 1. The number of ether oxygens (including phenoxy) is 2. The number of nitrogens with one attached hydrogen (secondary N) is 1. The van der Waals surface area contributed by atoms with E-state index in [9.17, 15) is 0 Å². The summed E-state index contributed by atoms with van der Waals surface area (Å²) in [5.41, 5.74) is 4.49. The first-order chi connectivity index (χ1) is 13.7. The molecule has 146 valence electrons. The molecule has 3 aromatic rings. The SMILES string of the molecule is CCOc1cc(CNCc2ccccn2)cc(Br)c1OCc1cccc(C)c1. The molecule has 0 aliphatic carbocycles. The van der Waals surface area contributed by atoms with E-state index >= 15 is 0 Å². The number of nitrogens with zero attached hydrogens (tertiary/aromatic N) is 1. The van der Waals surface area contributed by atoms with Gasteiger partial charge in [-0.25, -0.2) is 0 Å². The molecule has 0 saturated carbocycles. The summed E-state index contributed by atoms with van der Waals surface area (Å²) in [5.74, 6) is 1.48. The molecule has 0 saturated heterocycles. The maximum atomic E-state index is 6.09. The van der Waals surface area contributed by atoms with Crippen molar-refractivity contribution in [2.45, 2.75) is 33.5 Å². The fraction of sp³-hybridized carbons (Fsp3) is 0.261. The van der Waals surface area contributed by atoms with Crippen LogP contribution >= 0.6 is 15.9 Å². The molecule has 4 nitrogen and oxygen atoms in total. The molecule has 0 atom stereocenters. The van der Waals surface area contributed by atoms with Gasteiger partial charge in [-0.2, -0.15) is 0 Å². The third-order valence-corrected chi connectivity index (χ3v) is 4.79. The molecule has 0 fully saturated rings. The van der Waals surface area contributed by atoms with Crippen molar-refractivity contribution in [1.82, 2.24) is 10.3 Å². The van der Waals surface area contributed by atoms with Gasteiger partial charge < -0.3 is 14.8 Å². The zero-order valence-corrected chi connectivity index (χ0v) is 17.8. The molecule has 3 rings (SSSR count). The molecule has 0 bridgehead atoms. The number of halogens is 1. The minimum Gasteiger partial charge on any atom is -0.490 e. The molecule has 1 heterocycles. The summed E-state index contributed by atoms with van der Waals surface area (Å²) in [6.07, 6.45) is 1.81. The number of rotatable bonds is 9. The quantitative estimate of drug-likeness (QED) is 0.482. The van der Waals surface area contributed by atoms with Crippen LogP contribution < -0.4 is 14.8 Å². The molecule has 28 heavy (non-hydrogen) atoms. The van der Waals surface area contributed by atoms with Crippen molar-refractivity contribution in [3.05, 3.63) is 87.7 Å². The third kappa shape index (κ3) is 5.81. The van der Waals surface area contributed by atoms with Gasteiger partial charge in [-0.1, -0.05) is 35.9 Å². The topological polar surface area (TPSA) is 43.4 Å². The predicted octanol–water partition coefficient (Wildman–Crippen LogP) is 5.42. The first-order valence-electron chi connectivity index (χ1n) is 9.40. The summed E-state index contributed by atoms with van der Waals surface area (Å²) >= 11 is 3.65. The molecule has 2 aromatic carbocycles. The smallest absolute Gasteiger partial charge is 0.175 e. The van der Waals surface area contributed by atoms with E-state index in [-0.39, 0.29) is 0 Å². The number of benzene rings is 2. The molecule has 1 aromatic heterocycles. The Morgan fingerprint density at radius 3 is 2.61 bits per heavy atom. The van der Waals surface area contributed by atoms with E-state index in [1.807, 2.05) is 37.3 Å². The molecule has 5 heteroatoms. The van der Waals surface area contributed by atoms with Gasteiger partial charge in [0.2, 0.25) is 0 Å². The lowest BCUT2D eigenvalue weighted by Gasteiger charge is -2.16. The Morgan fingerprint density at radius 2 is 1.86 bits per heavy atom. The number of aryl methyl sites for hydroxylation is 1. The van der Waals surface area contributed by atoms with Gasteiger partial charge in [0.25, 0.3) is 0 Å². The van der Waals surface area contributed by atoms with Crippen LogP contribution in [0.3, 0.4) is 0 Å². The van der Waals surface area contributed by atoms with Gasteiger partial charge in [-0.3, -0.25) is 4.98 Å². The molecule has 1 N–H and O–H groups in total. The first-order valence-corrected chi connectivity index (χ1v) is 10.2. The summed E-state index contributed by atoms with van der Waals surface area (Å²) in [5, 5.41) is 3.42. The second-order valence-electron chi connectivity index (χ2n) is 6.54. The Bertz CT molecular complexity index is 900. The molecule has 0 amide bonds. The van der Waals surface area contributed by atoms with Gasteiger partial charge in [-0.15, -0.1) is 0 Å². The molecule has 0 aliphatic heterocycles. The third-order valence-electron chi connectivity index (χ3n) is 4.20. The van der Waals surface area contributed by atoms with Crippen LogP contribution in [-0.2, 0) is 19.7 Å². The Morgan fingerprint density at radius 1 is 0.964 bits per heavy atom. The largest absolute Gasteiger partial charge is 0.490 e. The maximum Gasteiger partial charge on any atom is 0.175 e. The Labute approximate surface area is 175 Å². The lowest BCUT2D eigenvalue weighted by molar-refractivity contribution is 0.267. The van der Waals surface area contributed by atoms with Crippen molar-refractivity contribution in [3.63, 3.8) is 0 Å². The van der Waals surface area contributed by atoms with Crippen molar-refractivity contribution in [2.24, 2.45) is 0 Å².